The van der Waals surface area contributed by atoms with Crippen molar-refractivity contribution in [2.45, 2.75) is 26.7 Å². The molecule has 6 nitrogen and oxygen atoms in total. The van der Waals surface area contributed by atoms with E-state index in [9.17, 15) is 14.4 Å². The highest BCUT2D eigenvalue weighted by Gasteiger charge is 2.32. The summed E-state index contributed by atoms with van der Waals surface area (Å²) >= 11 is 0. The van der Waals surface area contributed by atoms with Crippen molar-refractivity contribution < 1.29 is 9.59 Å². The fraction of sp³-hybridized carbons (Fsp3) is 0.562. The van der Waals surface area contributed by atoms with E-state index in [4.69, 9.17) is 0 Å². The van der Waals surface area contributed by atoms with Crippen LogP contribution in [0.5, 0.6) is 0 Å². The fourth-order valence-electron chi connectivity index (χ4n) is 3.02. The van der Waals surface area contributed by atoms with Crippen LogP contribution in [-0.4, -0.2) is 36.3 Å². The molecule has 0 saturated carbocycles. The Kier molecular flexibility index (Phi) is 3.64. The molecular formula is C16H21N3O3. The first kappa shape index (κ1) is 15.0. The highest BCUT2D eigenvalue weighted by Crippen LogP contribution is 2.33. The van der Waals surface area contributed by atoms with Gasteiger partial charge in [0.25, 0.3) is 11.5 Å². The number of amides is 1. The molecule has 1 amide bonds. The van der Waals surface area contributed by atoms with Crippen molar-refractivity contribution in [1.29, 1.82) is 0 Å². The van der Waals surface area contributed by atoms with E-state index >= 15 is 0 Å². The second kappa shape index (κ2) is 5.35. The van der Waals surface area contributed by atoms with Crippen LogP contribution in [0.15, 0.2) is 10.9 Å². The second-order valence-corrected chi connectivity index (χ2v) is 7.08. The molecule has 0 unspecified atom stereocenters. The summed E-state index contributed by atoms with van der Waals surface area (Å²) in [5, 5.41) is 5.90. The van der Waals surface area contributed by atoms with Crippen LogP contribution < -0.4 is 16.2 Å². The highest BCUT2D eigenvalue weighted by atomic mass is 16.2. The van der Waals surface area contributed by atoms with Crippen LogP contribution in [0, 0.1) is 11.3 Å². The van der Waals surface area contributed by atoms with Crippen LogP contribution in [0.4, 0.5) is 0 Å². The van der Waals surface area contributed by atoms with Gasteiger partial charge >= 0.3 is 0 Å². The van der Waals surface area contributed by atoms with Crippen LogP contribution >= 0.6 is 0 Å². The summed E-state index contributed by atoms with van der Waals surface area (Å²) < 4.78 is 0. The Hall–Kier alpha value is -1.95. The first-order valence-corrected chi connectivity index (χ1v) is 7.64. The summed E-state index contributed by atoms with van der Waals surface area (Å²) in [7, 11) is 0. The summed E-state index contributed by atoms with van der Waals surface area (Å²) in [6.07, 6.45) is 1.07. The van der Waals surface area contributed by atoms with Gasteiger partial charge in [-0.05, 0) is 17.9 Å². The zero-order valence-corrected chi connectivity index (χ0v) is 12.9. The van der Waals surface area contributed by atoms with Gasteiger partial charge in [-0.1, -0.05) is 13.8 Å². The molecule has 0 atom stereocenters. The summed E-state index contributed by atoms with van der Waals surface area (Å²) in [5.74, 6) is -0.00332. The third kappa shape index (κ3) is 2.83. The fourth-order valence-corrected chi connectivity index (χ4v) is 3.02. The number of carbonyl (C=O) groups is 2. The molecule has 2 aliphatic rings. The van der Waals surface area contributed by atoms with E-state index in [1.165, 1.54) is 6.07 Å². The highest BCUT2D eigenvalue weighted by molar-refractivity contribution is 6.02. The molecule has 1 fully saturated rings. The smallest absolute Gasteiger partial charge is 0.261 e. The number of hydrogen-bond donors (Lipinski definition) is 3. The lowest BCUT2D eigenvalue weighted by molar-refractivity contribution is 0.0910. The maximum atomic E-state index is 12.2. The van der Waals surface area contributed by atoms with E-state index < -0.39 is 11.5 Å². The van der Waals surface area contributed by atoms with Crippen LogP contribution in [0.25, 0.3) is 0 Å². The van der Waals surface area contributed by atoms with Crippen molar-refractivity contribution in [2.75, 3.05) is 19.6 Å². The number of nitrogens with one attached hydrogen (secondary N) is 3. The monoisotopic (exact) mass is 303 g/mol. The van der Waals surface area contributed by atoms with Crippen molar-refractivity contribution in [3.8, 4) is 0 Å². The largest absolute Gasteiger partial charge is 0.351 e. The van der Waals surface area contributed by atoms with Crippen LogP contribution in [0.2, 0.25) is 0 Å². The zero-order chi connectivity index (χ0) is 15.9. The van der Waals surface area contributed by atoms with Gasteiger partial charge in [0.15, 0.2) is 5.78 Å². The number of H-pyrrole nitrogens is 1. The molecule has 3 N–H and O–H groups in total. The Labute approximate surface area is 128 Å². The van der Waals surface area contributed by atoms with Gasteiger partial charge in [0, 0.05) is 43.2 Å². The quantitative estimate of drug-likeness (QED) is 0.757. The summed E-state index contributed by atoms with van der Waals surface area (Å²) in [6, 6.07) is 1.46. The Bertz CT molecular complexity index is 686. The van der Waals surface area contributed by atoms with E-state index in [1.807, 2.05) is 13.8 Å². The summed E-state index contributed by atoms with van der Waals surface area (Å²) in [6.45, 7) is 6.31. The number of carbonyl (C=O) groups excluding carboxylic acids is 2. The van der Waals surface area contributed by atoms with Gasteiger partial charge < -0.3 is 15.6 Å². The number of aromatic amines is 1. The standard InChI is InChI=1S/C16H21N3O3/c1-16(2)4-12-10(13(20)5-16)3-11(15(22)19-12)14(21)18-8-9-6-17-7-9/h3,9,17H,4-8H2,1-2H3,(H,18,21)(H,19,22). The molecule has 0 radical (unpaired) electrons. The molecule has 1 saturated heterocycles. The number of fused-ring (bicyclic) bond motifs is 1. The number of ketones is 1. The minimum absolute atomic E-state index is 0.0141. The Balaban J connectivity index is 1.84. The third-order valence-corrected chi connectivity index (χ3v) is 4.38. The van der Waals surface area contributed by atoms with E-state index in [2.05, 4.69) is 15.6 Å². The first-order chi connectivity index (χ1) is 10.4. The minimum atomic E-state index is -0.423. The van der Waals surface area contributed by atoms with Crippen LogP contribution in [0.1, 0.15) is 46.7 Å². The van der Waals surface area contributed by atoms with Gasteiger partial charge in [-0.3, -0.25) is 14.4 Å². The number of rotatable bonds is 3. The molecule has 1 aliphatic carbocycles. The normalized spacial score (nSPS) is 20.2. The SMILES string of the molecule is CC1(C)CC(=O)c2cc(C(=O)NCC3CNC3)c(=O)[nH]c2C1. The van der Waals surface area contributed by atoms with Gasteiger partial charge in [0.2, 0.25) is 0 Å². The molecule has 1 aromatic heterocycles. The van der Waals surface area contributed by atoms with Gasteiger partial charge in [0.05, 0.1) is 0 Å². The van der Waals surface area contributed by atoms with E-state index in [-0.39, 0.29) is 16.8 Å². The van der Waals surface area contributed by atoms with Crippen molar-refractivity contribution in [3.05, 3.63) is 33.2 Å². The Morgan fingerprint density at radius 3 is 2.68 bits per heavy atom. The zero-order valence-electron chi connectivity index (χ0n) is 12.9. The van der Waals surface area contributed by atoms with Crippen molar-refractivity contribution in [1.82, 2.24) is 15.6 Å². The Morgan fingerprint density at radius 1 is 1.32 bits per heavy atom. The van der Waals surface area contributed by atoms with Crippen LogP contribution in [0.3, 0.4) is 0 Å². The van der Waals surface area contributed by atoms with Gasteiger partial charge in [-0.25, -0.2) is 0 Å². The lowest BCUT2D eigenvalue weighted by Gasteiger charge is -2.30. The molecule has 1 aliphatic heterocycles. The van der Waals surface area contributed by atoms with E-state index in [1.54, 1.807) is 0 Å². The Morgan fingerprint density at radius 2 is 2.05 bits per heavy atom. The van der Waals surface area contributed by atoms with Crippen molar-refractivity contribution in [2.24, 2.45) is 11.3 Å². The molecule has 22 heavy (non-hydrogen) atoms. The summed E-state index contributed by atoms with van der Waals surface area (Å²) in [5.41, 5.74) is 0.571. The maximum absolute atomic E-state index is 12.2. The first-order valence-electron chi connectivity index (χ1n) is 7.64. The number of hydrogen-bond acceptors (Lipinski definition) is 4. The predicted octanol–water partition coefficient (Wildman–Crippen LogP) is 0.479. The minimum Gasteiger partial charge on any atom is -0.351 e. The molecule has 6 heteroatoms. The number of pyridine rings is 1. The number of Topliss-reactive ketones (excluding diaryl/α,β-unsaturated/α-hetero) is 1. The third-order valence-electron chi connectivity index (χ3n) is 4.38. The van der Waals surface area contributed by atoms with Gasteiger partial charge in [-0.2, -0.15) is 0 Å². The average molecular weight is 303 g/mol. The van der Waals surface area contributed by atoms with Crippen molar-refractivity contribution >= 4 is 11.7 Å². The van der Waals surface area contributed by atoms with E-state index in [0.29, 0.717) is 36.6 Å². The predicted molar refractivity (Wildman–Crippen MR) is 82.2 cm³/mol. The molecule has 118 valence electrons. The van der Waals surface area contributed by atoms with E-state index in [0.717, 1.165) is 13.1 Å². The summed E-state index contributed by atoms with van der Waals surface area (Å²) in [4.78, 5) is 39.3. The molecule has 0 aromatic carbocycles. The maximum Gasteiger partial charge on any atom is 0.261 e. The molecule has 2 heterocycles. The lowest BCUT2D eigenvalue weighted by atomic mass is 9.75. The molecule has 3 rings (SSSR count). The number of aromatic nitrogens is 1. The molecule has 1 aromatic rings. The molecule has 0 bridgehead atoms. The average Bonchev–Trinajstić information content (AvgIpc) is 2.34. The molecular weight excluding hydrogens is 282 g/mol. The molecule has 0 spiro atoms. The van der Waals surface area contributed by atoms with Crippen molar-refractivity contribution in [3.63, 3.8) is 0 Å². The topological polar surface area (TPSA) is 91.1 Å². The van der Waals surface area contributed by atoms with Gasteiger partial charge in [0.1, 0.15) is 5.56 Å². The van der Waals surface area contributed by atoms with Gasteiger partial charge in [-0.15, -0.1) is 0 Å². The second-order valence-electron chi connectivity index (χ2n) is 7.08. The van der Waals surface area contributed by atoms with Crippen LogP contribution in [-0.2, 0) is 6.42 Å². The lowest BCUT2D eigenvalue weighted by Crippen LogP contribution is -2.48.